The molecule has 1 aliphatic heterocycles. The first-order valence-electron chi connectivity index (χ1n) is 8.05. The van der Waals surface area contributed by atoms with Crippen LogP contribution >= 0.6 is 0 Å². The number of hydrogen-bond acceptors (Lipinski definition) is 3. The van der Waals surface area contributed by atoms with E-state index < -0.39 is 0 Å². The van der Waals surface area contributed by atoms with Crippen LogP contribution in [0.4, 0.5) is 5.82 Å². The van der Waals surface area contributed by atoms with Gasteiger partial charge in [-0.05, 0) is 42.0 Å². The molecule has 0 N–H and O–H groups in total. The number of rotatable bonds is 2. The molecule has 0 atom stereocenters. The van der Waals surface area contributed by atoms with Crippen LogP contribution < -0.4 is 4.90 Å². The second-order valence-corrected chi connectivity index (χ2v) is 7.16. The van der Waals surface area contributed by atoms with Crippen LogP contribution in [0.3, 0.4) is 0 Å². The van der Waals surface area contributed by atoms with E-state index in [-0.39, 0.29) is 5.41 Å². The molecule has 0 radical (unpaired) electrons. The van der Waals surface area contributed by atoms with Crippen molar-refractivity contribution in [3.63, 3.8) is 0 Å². The first kappa shape index (κ1) is 14.8. The van der Waals surface area contributed by atoms with E-state index in [4.69, 9.17) is 10.2 Å². The van der Waals surface area contributed by atoms with E-state index in [9.17, 15) is 0 Å². The van der Waals surface area contributed by atoms with Crippen LogP contribution in [0.2, 0.25) is 0 Å². The van der Waals surface area contributed by atoms with Gasteiger partial charge >= 0.3 is 0 Å². The van der Waals surface area contributed by atoms with Crippen LogP contribution in [-0.4, -0.2) is 18.1 Å². The maximum absolute atomic E-state index is 9.15. The molecule has 0 saturated carbocycles. The van der Waals surface area contributed by atoms with Crippen LogP contribution in [0, 0.1) is 11.3 Å². The SMILES string of the molecule is CC(C)(C)c1ccc2nc(N3CCCC3)c(CC#N)cc2c1. The Hall–Kier alpha value is -2.08. The van der Waals surface area contributed by atoms with E-state index in [1.54, 1.807) is 0 Å². The van der Waals surface area contributed by atoms with Crippen LogP contribution in [-0.2, 0) is 11.8 Å². The third kappa shape index (κ3) is 2.78. The second kappa shape index (κ2) is 5.61. The van der Waals surface area contributed by atoms with E-state index in [0.29, 0.717) is 6.42 Å². The summed E-state index contributed by atoms with van der Waals surface area (Å²) in [7, 11) is 0. The summed E-state index contributed by atoms with van der Waals surface area (Å²) < 4.78 is 0. The molecule has 0 spiro atoms. The normalized spacial score (nSPS) is 15.3. The maximum atomic E-state index is 9.15. The Morgan fingerprint density at radius 2 is 1.91 bits per heavy atom. The van der Waals surface area contributed by atoms with Crippen molar-refractivity contribution in [1.29, 1.82) is 5.26 Å². The number of hydrogen-bond donors (Lipinski definition) is 0. The maximum Gasteiger partial charge on any atom is 0.133 e. The largest absolute Gasteiger partial charge is 0.356 e. The van der Waals surface area contributed by atoms with Gasteiger partial charge in [0.2, 0.25) is 0 Å². The Balaban J connectivity index is 2.13. The fourth-order valence-electron chi connectivity index (χ4n) is 3.09. The third-order valence-electron chi connectivity index (χ3n) is 4.41. The Kier molecular flexibility index (Phi) is 3.78. The Morgan fingerprint density at radius 3 is 2.55 bits per heavy atom. The highest BCUT2D eigenvalue weighted by Gasteiger charge is 2.19. The first-order chi connectivity index (χ1) is 10.5. The molecule has 0 bridgehead atoms. The summed E-state index contributed by atoms with van der Waals surface area (Å²) in [6, 6.07) is 11.0. The van der Waals surface area contributed by atoms with Gasteiger partial charge in [-0.2, -0.15) is 5.26 Å². The lowest BCUT2D eigenvalue weighted by molar-refractivity contribution is 0.591. The molecule has 3 rings (SSSR count). The highest BCUT2D eigenvalue weighted by molar-refractivity contribution is 5.83. The summed E-state index contributed by atoms with van der Waals surface area (Å²) in [6.07, 6.45) is 2.86. The molecule has 114 valence electrons. The molecule has 0 unspecified atom stereocenters. The number of aromatic nitrogens is 1. The molecule has 2 heterocycles. The van der Waals surface area contributed by atoms with E-state index in [1.807, 2.05) is 0 Å². The fourth-order valence-corrected chi connectivity index (χ4v) is 3.09. The van der Waals surface area contributed by atoms with Crippen molar-refractivity contribution in [1.82, 2.24) is 4.98 Å². The minimum atomic E-state index is 0.122. The topological polar surface area (TPSA) is 39.9 Å². The van der Waals surface area contributed by atoms with Gasteiger partial charge < -0.3 is 4.90 Å². The number of benzene rings is 1. The Bertz CT molecular complexity index is 729. The summed E-state index contributed by atoms with van der Waals surface area (Å²) in [5.74, 6) is 1.01. The zero-order valence-corrected chi connectivity index (χ0v) is 13.7. The number of pyridine rings is 1. The molecule has 0 amide bonds. The van der Waals surface area contributed by atoms with Crippen molar-refractivity contribution in [3.05, 3.63) is 35.4 Å². The van der Waals surface area contributed by atoms with Crippen molar-refractivity contribution in [2.24, 2.45) is 0 Å². The van der Waals surface area contributed by atoms with Gasteiger partial charge in [-0.15, -0.1) is 0 Å². The molecular weight excluding hydrogens is 270 g/mol. The quantitative estimate of drug-likeness (QED) is 0.833. The molecule has 1 aromatic carbocycles. The first-order valence-corrected chi connectivity index (χ1v) is 8.05. The van der Waals surface area contributed by atoms with Gasteiger partial charge in [0.25, 0.3) is 0 Å². The monoisotopic (exact) mass is 293 g/mol. The molecule has 1 aliphatic rings. The highest BCUT2D eigenvalue weighted by atomic mass is 15.2. The second-order valence-electron chi connectivity index (χ2n) is 7.16. The minimum Gasteiger partial charge on any atom is -0.356 e. The van der Waals surface area contributed by atoms with Crippen molar-refractivity contribution in [3.8, 4) is 6.07 Å². The predicted molar refractivity (Wildman–Crippen MR) is 91.2 cm³/mol. The zero-order chi connectivity index (χ0) is 15.7. The van der Waals surface area contributed by atoms with Gasteiger partial charge in [0, 0.05) is 24.0 Å². The number of anilines is 1. The molecule has 1 fully saturated rings. The lowest BCUT2D eigenvalue weighted by Gasteiger charge is -2.22. The van der Waals surface area contributed by atoms with Crippen LogP contribution in [0.15, 0.2) is 24.3 Å². The van der Waals surface area contributed by atoms with Crippen LogP contribution in [0.1, 0.15) is 44.7 Å². The molecule has 2 aromatic rings. The van der Waals surface area contributed by atoms with Crippen molar-refractivity contribution in [2.45, 2.75) is 45.4 Å². The van der Waals surface area contributed by atoms with Crippen LogP contribution in [0.25, 0.3) is 10.9 Å². The number of nitrogens with zero attached hydrogens (tertiary/aromatic N) is 3. The molecule has 3 nitrogen and oxygen atoms in total. The lowest BCUT2D eigenvalue weighted by Crippen LogP contribution is -2.20. The van der Waals surface area contributed by atoms with E-state index in [1.165, 1.54) is 18.4 Å². The average molecular weight is 293 g/mol. The number of fused-ring (bicyclic) bond motifs is 1. The Morgan fingerprint density at radius 1 is 1.18 bits per heavy atom. The van der Waals surface area contributed by atoms with Gasteiger partial charge in [0.15, 0.2) is 0 Å². The van der Waals surface area contributed by atoms with E-state index in [0.717, 1.165) is 35.4 Å². The summed E-state index contributed by atoms with van der Waals surface area (Å²) in [6.45, 7) is 8.76. The predicted octanol–water partition coefficient (Wildman–Crippen LogP) is 4.20. The average Bonchev–Trinajstić information content (AvgIpc) is 2.99. The molecule has 1 saturated heterocycles. The van der Waals surface area contributed by atoms with Gasteiger partial charge in [0.1, 0.15) is 5.82 Å². The molecule has 3 heteroatoms. The van der Waals surface area contributed by atoms with E-state index >= 15 is 0 Å². The minimum absolute atomic E-state index is 0.122. The molecule has 0 aliphatic carbocycles. The summed E-state index contributed by atoms with van der Waals surface area (Å²) >= 11 is 0. The van der Waals surface area contributed by atoms with Crippen LogP contribution in [0.5, 0.6) is 0 Å². The smallest absolute Gasteiger partial charge is 0.133 e. The molecule has 22 heavy (non-hydrogen) atoms. The lowest BCUT2D eigenvalue weighted by atomic mass is 9.86. The fraction of sp³-hybridized carbons (Fsp3) is 0.474. The standard InChI is InChI=1S/C19H23N3/c1-19(2,3)16-6-7-17-15(13-16)12-14(8-9-20)18(21-17)22-10-4-5-11-22/h6-7,12-13H,4-5,8,10-11H2,1-3H3. The zero-order valence-electron chi connectivity index (χ0n) is 13.7. The third-order valence-corrected chi connectivity index (χ3v) is 4.41. The van der Waals surface area contributed by atoms with Gasteiger partial charge in [0.05, 0.1) is 18.0 Å². The van der Waals surface area contributed by atoms with Crippen molar-refractivity contribution in [2.75, 3.05) is 18.0 Å². The molecule has 1 aromatic heterocycles. The van der Waals surface area contributed by atoms with E-state index in [2.05, 4.69) is 56.0 Å². The Labute approximate surface area is 132 Å². The van der Waals surface area contributed by atoms with Crippen molar-refractivity contribution < 1.29 is 0 Å². The summed E-state index contributed by atoms with van der Waals surface area (Å²) in [5.41, 5.74) is 3.51. The van der Waals surface area contributed by atoms with Crippen molar-refractivity contribution >= 4 is 16.7 Å². The highest BCUT2D eigenvalue weighted by Crippen LogP contribution is 2.30. The molecular formula is C19H23N3. The summed E-state index contributed by atoms with van der Waals surface area (Å²) in [5, 5.41) is 10.3. The van der Waals surface area contributed by atoms with Gasteiger partial charge in [-0.25, -0.2) is 4.98 Å². The van der Waals surface area contributed by atoms with Gasteiger partial charge in [-0.1, -0.05) is 26.8 Å². The summed E-state index contributed by atoms with van der Waals surface area (Å²) in [4.78, 5) is 7.20. The van der Waals surface area contributed by atoms with Gasteiger partial charge in [-0.3, -0.25) is 0 Å². The number of nitriles is 1.